The van der Waals surface area contributed by atoms with Gasteiger partial charge in [-0.15, -0.1) is 0 Å². The molecule has 1 saturated heterocycles. The number of pyridine rings is 1. The smallest absolute Gasteiger partial charge is 0.257 e. The standard InChI is InChI=1S/C21H23N3O3/c1-14(2)17-6-8-18(9-7-17)24-20(26)11-19(21(24)27)23(15(3)25)13-16-5-4-10-22-12-16/h4-10,12,14,19H,11,13H2,1-3H3. The Hall–Kier alpha value is -3.02. The molecule has 1 aliphatic heterocycles. The Morgan fingerprint density at radius 3 is 2.48 bits per heavy atom. The summed E-state index contributed by atoms with van der Waals surface area (Å²) in [6, 6.07) is 10.2. The molecular formula is C21H23N3O3. The van der Waals surface area contributed by atoms with Gasteiger partial charge in [-0.3, -0.25) is 19.4 Å². The molecule has 6 nitrogen and oxygen atoms in total. The van der Waals surface area contributed by atoms with E-state index in [2.05, 4.69) is 18.8 Å². The number of anilines is 1. The zero-order chi connectivity index (χ0) is 19.6. The first-order chi connectivity index (χ1) is 12.9. The monoisotopic (exact) mass is 365 g/mol. The molecular weight excluding hydrogens is 342 g/mol. The van der Waals surface area contributed by atoms with E-state index in [1.807, 2.05) is 18.2 Å². The molecule has 2 aromatic rings. The van der Waals surface area contributed by atoms with Crippen LogP contribution in [0.1, 0.15) is 44.2 Å². The minimum atomic E-state index is -0.792. The summed E-state index contributed by atoms with van der Waals surface area (Å²) in [7, 11) is 0. The van der Waals surface area contributed by atoms with Crippen molar-refractivity contribution >= 4 is 23.4 Å². The molecule has 6 heteroatoms. The van der Waals surface area contributed by atoms with Gasteiger partial charge in [-0.2, -0.15) is 0 Å². The molecule has 1 aliphatic rings. The normalized spacial score (nSPS) is 16.9. The van der Waals surface area contributed by atoms with Crippen molar-refractivity contribution in [3.8, 4) is 0 Å². The number of benzene rings is 1. The van der Waals surface area contributed by atoms with Crippen LogP contribution in [-0.2, 0) is 20.9 Å². The zero-order valence-electron chi connectivity index (χ0n) is 15.8. The summed E-state index contributed by atoms with van der Waals surface area (Å²) < 4.78 is 0. The molecule has 0 spiro atoms. The van der Waals surface area contributed by atoms with Gasteiger partial charge in [0.25, 0.3) is 5.91 Å². The van der Waals surface area contributed by atoms with Gasteiger partial charge in [0.05, 0.1) is 12.1 Å². The van der Waals surface area contributed by atoms with Crippen LogP contribution < -0.4 is 4.90 Å². The lowest BCUT2D eigenvalue weighted by Crippen LogP contribution is -2.44. The van der Waals surface area contributed by atoms with Gasteiger partial charge in [0.2, 0.25) is 11.8 Å². The van der Waals surface area contributed by atoms with Crippen molar-refractivity contribution in [3.05, 3.63) is 59.9 Å². The average molecular weight is 365 g/mol. The van der Waals surface area contributed by atoms with Gasteiger partial charge in [0, 0.05) is 25.9 Å². The topological polar surface area (TPSA) is 70.6 Å². The Labute approximate surface area is 158 Å². The van der Waals surface area contributed by atoms with E-state index in [9.17, 15) is 14.4 Å². The fourth-order valence-electron chi connectivity index (χ4n) is 3.27. The van der Waals surface area contributed by atoms with E-state index in [0.29, 0.717) is 11.6 Å². The average Bonchev–Trinajstić information content (AvgIpc) is 2.94. The Morgan fingerprint density at radius 1 is 1.22 bits per heavy atom. The third-order valence-electron chi connectivity index (χ3n) is 4.80. The molecule has 1 unspecified atom stereocenters. The molecule has 1 atom stereocenters. The van der Waals surface area contributed by atoms with Gasteiger partial charge in [-0.1, -0.05) is 32.0 Å². The summed E-state index contributed by atoms with van der Waals surface area (Å²) in [5.74, 6) is -0.539. The predicted molar refractivity (Wildman–Crippen MR) is 102 cm³/mol. The Bertz CT molecular complexity index is 847. The first-order valence-electron chi connectivity index (χ1n) is 9.01. The number of imide groups is 1. The highest BCUT2D eigenvalue weighted by atomic mass is 16.2. The molecule has 2 heterocycles. The van der Waals surface area contributed by atoms with Crippen LogP contribution in [0.5, 0.6) is 0 Å². The lowest BCUT2D eigenvalue weighted by molar-refractivity contribution is -0.137. The van der Waals surface area contributed by atoms with E-state index >= 15 is 0 Å². The first kappa shape index (κ1) is 18.8. The highest BCUT2D eigenvalue weighted by molar-refractivity contribution is 6.22. The van der Waals surface area contributed by atoms with E-state index in [1.54, 1.807) is 30.6 Å². The van der Waals surface area contributed by atoms with Crippen molar-refractivity contribution in [1.82, 2.24) is 9.88 Å². The molecule has 0 N–H and O–H groups in total. The van der Waals surface area contributed by atoms with E-state index in [1.165, 1.54) is 16.7 Å². The Balaban J connectivity index is 1.84. The van der Waals surface area contributed by atoms with Crippen LogP contribution in [0.3, 0.4) is 0 Å². The van der Waals surface area contributed by atoms with Crippen LogP contribution >= 0.6 is 0 Å². The quantitative estimate of drug-likeness (QED) is 0.764. The van der Waals surface area contributed by atoms with Crippen LogP contribution in [0.15, 0.2) is 48.8 Å². The van der Waals surface area contributed by atoms with Crippen molar-refractivity contribution < 1.29 is 14.4 Å². The zero-order valence-corrected chi connectivity index (χ0v) is 15.8. The van der Waals surface area contributed by atoms with Gasteiger partial charge < -0.3 is 4.90 Å². The van der Waals surface area contributed by atoms with Crippen LogP contribution in [-0.4, -0.2) is 33.6 Å². The van der Waals surface area contributed by atoms with Crippen LogP contribution in [0.2, 0.25) is 0 Å². The van der Waals surface area contributed by atoms with E-state index in [4.69, 9.17) is 0 Å². The fourth-order valence-corrected chi connectivity index (χ4v) is 3.27. The predicted octanol–water partition coefficient (Wildman–Crippen LogP) is 2.89. The molecule has 27 heavy (non-hydrogen) atoms. The lowest BCUT2D eigenvalue weighted by atomic mass is 10.0. The van der Waals surface area contributed by atoms with Crippen molar-refractivity contribution in [2.75, 3.05) is 4.90 Å². The summed E-state index contributed by atoms with van der Waals surface area (Å²) in [6.45, 7) is 5.82. The van der Waals surface area contributed by atoms with E-state index in [0.717, 1.165) is 11.1 Å². The number of nitrogens with zero attached hydrogens (tertiary/aromatic N) is 3. The van der Waals surface area contributed by atoms with Crippen molar-refractivity contribution in [2.24, 2.45) is 0 Å². The summed E-state index contributed by atoms with van der Waals surface area (Å²) in [5.41, 5.74) is 2.49. The van der Waals surface area contributed by atoms with Crippen molar-refractivity contribution in [2.45, 2.75) is 45.7 Å². The molecule has 0 saturated carbocycles. The van der Waals surface area contributed by atoms with Gasteiger partial charge in [-0.25, -0.2) is 4.90 Å². The molecule has 3 rings (SSSR count). The largest absolute Gasteiger partial charge is 0.326 e. The molecule has 0 aliphatic carbocycles. The molecule has 0 bridgehead atoms. The van der Waals surface area contributed by atoms with Gasteiger partial charge in [0.15, 0.2) is 0 Å². The minimum absolute atomic E-state index is 0.00932. The third kappa shape index (κ3) is 3.89. The summed E-state index contributed by atoms with van der Waals surface area (Å²) >= 11 is 0. The number of carbonyl (C=O) groups is 3. The highest BCUT2D eigenvalue weighted by Gasteiger charge is 2.43. The molecule has 140 valence electrons. The SMILES string of the molecule is CC(=O)N(Cc1cccnc1)C1CC(=O)N(c2ccc(C(C)C)cc2)C1=O. The second-order valence-electron chi connectivity index (χ2n) is 7.04. The maximum Gasteiger partial charge on any atom is 0.257 e. The fraction of sp³-hybridized carbons (Fsp3) is 0.333. The second kappa shape index (κ2) is 7.70. The molecule has 1 aromatic carbocycles. The number of rotatable bonds is 5. The highest BCUT2D eigenvalue weighted by Crippen LogP contribution is 2.28. The number of aromatic nitrogens is 1. The van der Waals surface area contributed by atoms with E-state index < -0.39 is 6.04 Å². The lowest BCUT2D eigenvalue weighted by Gasteiger charge is -2.26. The summed E-state index contributed by atoms with van der Waals surface area (Å²) in [6.07, 6.45) is 3.29. The first-order valence-corrected chi connectivity index (χ1v) is 9.01. The molecule has 1 fully saturated rings. The third-order valence-corrected chi connectivity index (χ3v) is 4.80. The van der Waals surface area contributed by atoms with Gasteiger partial charge in [-0.05, 0) is 35.2 Å². The number of amides is 3. The van der Waals surface area contributed by atoms with Gasteiger partial charge >= 0.3 is 0 Å². The minimum Gasteiger partial charge on any atom is -0.326 e. The summed E-state index contributed by atoms with van der Waals surface area (Å²) in [4.78, 5) is 44.4. The van der Waals surface area contributed by atoms with Crippen LogP contribution in [0.4, 0.5) is 5.69 Å². The van der Waals surface area contributed by atoms with Crippen LogP contribution in [0.25, 0.3) is 0 Å². The maximum absolute atomic E-state index is 13.0. The van der Waals surface area contributed by atoms with Crippen LogP contribution in [0, 0.1) is 0 Å². The maximum atomic E-state index is 13.0. The van der Waals surface area contributed by atoms with E-state index in [-0.39, 0.29) is 30.7 Å². The number of hydrogen-bond acceptors (Lipinski definition) is 4. The summed E-state index contributed by atoms with van der Waals surface area (Å²) in [5, 5.41) is 0. The van der Waals surface area contributed by atoms with Crippen molar-refractivity contribution in [1.29, 1.82) is 0 Å². The molecule has 0 radical (unpaired) electrons. The Kier molecular flexibility index (Phi) is 5.35. The van der Waals surface area contributed by atoms with Gasteiger partial charge in [0.1, 0.15) is 6.04 Å². The number of hydrogen-bond donors (Lipinski definition) is 0. The molecule has 1 aromatic heterocycles. The number of carbonyl (C=O) groups excluding carboxylic acids is 3. The van der Waals surface area contributed by atoms with Crippen molar-refractivity contribution in [3.63, 3.8) is 0 Å². The second-order valence-corrected chi connectivity index (χ2v) is 7.04. The molecule has 3 amide bonds. The Morgan fingerprint density at radius 2 is 1.93 bits per heavy atom.